The Balaban J connectivity index is 1.77. The van der Waals surface area contributed by atoms with E-state index in [0.29, 0.717) is 35.8 Å². The Morgan fingerprint density at radius 1 is 1.35 bits per heavy atom. The lowest BCUT2D eigenvalue weighted by Gasteiger charge is -2.33. The number of carbonyl (C=O) groups excluding carboxylic acids is 1. The molecule has 0 aromatic heterocycles. The number of rotatable bonds is 3. The first-order valence-electron chi connectivity index (χ1n) is 7.80. The van der Waals surface area contributed by atoms with Gasteiger partial charge < -0.3 is 14.4 Å². The van der Waals surface area contributed by atoms with Crippen LogP contribution in [0.5, 0.6) is 5.75 Å². The Labute approximate surface area is 145 Å². The van der Waals surface area contributed by atoms with Crippen LogP contribution in [-0.4, -0.2) is 36.3 Å². The molecule has 1 saturated heterocycles. The van der Waals surface area contributed by atoms with Crippen LogP contribution >= 0.6 is 15.9 Å². The topological polar surface area (TPSA) is 38.8 Å². The number of hydrogen-bond donors (Lipinski definition) is 0. The van der Waals surface area contributed by atoms with Gasteiger partial charge in [0.25, 0.3) is 0 Å². The summed E-state index contributed by atoms with van der Waals surface area (Å²) in [6.07, 6.45) is 1.49. The summed E-state index contributed by atoms with van der Waals surface area (Å²) in [5.74, 6) is 0.724. The van der Waals surface area contributed by atoms with Gasteiger partial charge in [0, 0.05) is 13.1 Å². The molecule has 1 heterocycles. The number of hydrogen-bond acceptors (Lipinski definition) is 3. The van der Waals surface area contributed by atoms with Crippen molar-refractivity contribution in [2.75, 3.05) is 19.7 Å². The molecule has 0 saturated carbocycles. The van der Waals surface area contributed by atoms with Gasteiger partial charge in [0.2, 0.25) is 0 Å². The highest BCUT2D eigenvalue weighted by molar-refractivity contribution is 9.10. The quantitative estimate of drug-likeness (QED) is 0.759. The number of benzene rings is 1. The average Bonchev–Trinajstić information content (AvgIpc) is 2.45. The molecule has 2 rings (SSSR count). The van der Waals surface area contributed by atoms with E-state index in [1.165, 1.54) is 12.1 Å². The van der Waals surface area contributed by atoms with Crippen LogP contribution in [0, 0.1) is 11.7 Å². The summed E-state index contributed by atoms with van der Waals surface area (Å²) in [5.41, 5.74) is -0.466. The molecular weight excluding hydrogens is 365 g/mol. The van der Waals surface area contributed by atoms with E-state index in [1.54, 1.807) is 11.0 Å². The van der Waals surface area contributed by atoms with E-state index in [1.807, 2.05) is 20.8 Å². The molecule has 128 valence electrons. The second-order valence-electron chi connectivity index (χ2n) is 6.80. The van der Waals surface area contributed by atoms with Gasteiger partial charge in [-0.3, -0.25) is 0 Å². The molecule has 0 radical (unpaired) electrons. The zero-order valence-electron chi connectivity index (χ0n) is 13.8. The van der Waals surface area contributed by atoms with Gasteiger partial charge in [-0.1, -0.05) is 0 Å². The van der Waals surface area contributed by atoms with Gasteiger partial charge in [0.15, 0.2) is 0 Å². The normalized spacial score (nSPS) is 16.3. The Hall–Kier alpha value is -1.30. The predicted molar refractivity (Wildman–Crippen MR) is 90.1 cm³/mol. The highest BCUT2D eigenvalue weighted by Gasteiger charge is 2.27. The van der Waals surface area contributed by atoms with Gasteiger partial charge in [0.05, 0.1) is 11.1 Å². The van der Waals surface area contributed by atoms with Crippen LogP contribution < -0.4 is 4.74 Å². The smallest absolute Gasteiger partial charge is 0.410 e. The molecule has 1 amide bonds. The Kier molecular flexibility index (Phi) is 5.89. The monoisotopic (exact) mass is 387 g/mol. The van der Waals surface area contributed by atoms with Crippen LogP contribution in [0.2, 0.25) is 0 Å². The minimum atomic E-state index is -0.466. The van der Waals surface area contributed by atoms with Crippen LogP contribution in [0.15, 0.2) is 22.7 Å². The van der Waals surface area contributed by atoms with E-state index in [9.17, 15) is 9.18 Å². The van der Waals surface area contributed by atoms with Gasteiger partial charge >= 0.3 is 6.09 Å². The van der Waals surface area contributed by atoms with Crippen molar-refractivity contribution in [3.05, 3.63) is 28.5 Å². The fraction of sp³-hybridized carbons (Fsp3) is 0.588. The molecule has 4 nitrogen and oxygen atoms in total. The molecule has 23 heavy (non-hydrogen) atoms. The fourth-order valence-corrected chi connectivity index (χ4v) is 2.87. The zero-order chi connectivity index (χ0) is 17.0. The maximum atomic E-state index is 13.0. The molecule has 0 unspecified atom stereocenters. The van der Waals surface area contributed by atoms with Gasteiger partial charge in [-0.25, -0.2) is 9.18 Å². The average molecular weight is 388 g/mol. The van der Waals surface area contributed by atoms with E-state index in [0.717, 1.165) is 12.8 Å². The minimum Gasteiger partial charge on any atom is -0.492 e. The molecule has 0 bridgehead atoms. The number of nitrogens with zero attached hydrogens (tertiary/aromatic N) is 1. The van der Waals surface area contributed by atoms with Gasteiger partial charge in [-0.15, -0.1) is 0 Å². The standard InChI is InChI=1S/C17H23BrFNO3/c1-17(2,3)23-16(21)20-8-6-12(7-9-20)11-22-15-5-4-13(19)10-14(15)18/h4-5,10,12H,6-9,11H2,1-3H3. The molecular formula is C17H23BrFNO3. The third-order valence-corrected chi connectivity index (χ3v) is 4.25. The largest absolute Gasteiger partial charge is 0.492 e. The van der Waals surface area contributed by atoms with Crippen molar-refractivity contribution in [1.29, 1.82) is 0 Å². The summed E-state index contributed by atoms with van der Waals surface area (Å²) in [7, 11) is 0. The first-order valence-corrected chi connectivity index (χ1v) is 8.59. The minimum absolute atomic E-state index is 0.252. The van der Waals surface area contributed by atoms with Crippen molar-refractivity contribution in [2.45, 2.75) is 39.2 Å². The maximum absolute atomic E-state index is 13.0. The molecule has 1 aromatic rings. The highest BCUT2D eigenvalue weighted by atomic mass is 79.9. The zero-order valence-corrected chi connectivity index (χ0v) is 15.4. The van der Waals surface area contributed by atoms with E-state index < -0.39 is 5.60 Å². The number of piperidine rings is 1. The van der Waals surface area contributed by atoms with Crippen LogP contribution in [-0.2, 0) is 4.74 Å². The third-order valence-electron chi connectivity index (χ3n) is 3.63. The second kappa shape index (κ2) is 7.51. The maximum Gasteiger partial charge on any atom is 0.410 e. The van der Waals surface area contributed by atoms with Crippen molar-refractivity contribution < 1.29 is 18.7 Å². The van der Waals surface area contributed by atoms with Crippen LogP contribution in [0.4, 0.5) is 9.18 Å². The number of amides is 1. The number of halogens is 2. The molecule has 6 heteroatoms. The Morgan fingerprint density at radius 3 is 2.57 bits per heavy atom. The van der Waals surface area contributed by atoms with Gasteiger partial charge in [0.1, 0.15) is 17.2 Å². The van der Waals surface area contributed by atoms with Gasteiger partial charge in [-0.2, -0.15) is 0 Å². The molecule has 0 spiro atoms. The lowest BCUT2D eigenvalue weighted by Crippen LogP contribution is -2.42. The first-order chi connectivity index (χ1) is 10.7. The number of likely N-dealkylation sites (tertiary alicyclic amines) is 1. The van der Waals surface area contributed by atoms with Crippen LogP contribution in [0.3, 0.4) is 0 Å². The molecule has 1 aromatic carbocycles. The Bertz CT molecular complexity index is 551. The fourth-order valence-electron chi connectivity index (χ4n) is 2.41. The summed E-state index contributed by atoms with van der Waals surface area (Å²) in [6.45, 7) is 7.51. The van der Waals surface area contributed by atoms with Gasteiger partial charge in [-0.05, 0) is 73.7 Å². The summed E-state index contributed by atoms with van der Waals surface area (Å²) >= 11 is 3.29. The van der Waals surface area contributed by atoms with E-state index in [-0.39, 0.29) is 11.9 Å². The third kappa shape index (κ3) is 5.68. The first kappa shape index (κ1) is 18.0. The van der Waals surface area contributed by atoms with Crippen molar-refractivity contribution in [3.63, 3.8) is 0 Å². The van der Waals surface area contributed by atoms with Crippen molar-refractivity contribution >= 4 is 22.0 Å². The van der Waals surface area contributed by atoms with Crippen molar-refractivity contribution in [2.24, 2.45) is 5.92 Å². The second-order valence-corrected chi connectivity index (χ2v) is 7.65. The van der Waals surface area contributed by atoms with Crippen molar-refractivity contribution in [3.8, 4) is 5.75 Å². The van der Waals surface area contributed by atoms with E-state index in [4.69, 9.17) is 9.47 Å². The van der Waals surface area contributed by atoms with E-state index in [2.05, 4.69) is 15.9 Å². The molecule has 1 aliphatic heterocycles. The molecule has 1 aliphatic rings. The van der Waals surface area contributed by atoms with Crippen LogP contribution in [0.1, 0.15) is 33.6 Å². The lowest BCUT2D eigenvalue weighted by molar-refractivity contribution is 0.0165. The summed E-state index contributed by atoms with van der Waals surface area (Å²) in [4.78, 5) is 13.8. The predicted octanol–water partition coefficient (Wildman–Crippen LogP) is 4.61. The number of ether oxygens (including phenoxy) is 2. The SMILES string of the molecule is CC(C)(C)OC(=O)N1CCC(COc2ccc(F)cc2Br)CC1. The molecule has 1 fully saturated rings. The lowest BCUT2D eigenvalue weighted by atomic mass is 9.98. The molecule has 0 aliphatic carbocycles. The summed E-state index contributed by atoms with van der Waals surface area (Å²) in [6, 6.07) is 4.39. The van der Waals surface area contributed by atoms with Crippen LogP contribution in [0.25, 0.3) is 0 Å². The highest BCUT2D eigenvalue weighted by Crippen LogP contribution is 2.27. The summed E-state index contributed by atoms with van der Waals surface area (Å²) in [5, 5.41) is 0. The molecule has 0 atom stereocenters. The Morgan fingerprint density at radius 2 is 2.00 bits per heavy atom. The molecule has 0 N–H and O–H groups in total. The van der Waals surface area contributed by atoms with E-state index >= 15 is 0 Å². The number of carbonyl (C=O) groups is 1. The van der Waals surface area contributed by atoms with Crippen molar-refractivity contribution in [1.82, 2.24) is 4.90 Å². The summed E-state index contributed by atoms with van der Waals surface area (Å²) < 4.78 is 24.8.